The average Bonchev–Trinajstić information content (AvgIpc) is 3.20. The van der Waals surface area contributed by atoms with Gasteiger partial charge in [-0.05, 0) is 40.7 Å². The molecule has 1 aromatic carbocycles. The first-order chi connectivity index (χ1) is 15.9. The lowest BCUT2D eigenvalue weighted by molar-refractivity contribution is -0.119. The van der Waals surface area contributed by atoms with Gasteiger partial charge in [0.2, 0.25) is 0 Å². The van der Waals surface area contributed by atoms with E-state index in [4.69, 9.17) is 4.74 Å². The molecule has 0 unspecified atom stereocenters. The Balaban J connectivity index is 1.87. The van der Waals surface area contributed by atoms with Crippen LogP contribution in [0.25, 0.3) is 10.4 Å². The lowest BCUT2D eigenvalue weighted by atomic mass is 9.68. The lowest BCUT2D eigenvalue weighted by Gasteiger charge is -2.36. The number of aliphatic hydroxyl groups is 2. The maximum absolute atomic E-state index is 13.3. The van der Waals surface area contributed by atoms with E-state index in [1.807, 2.05) is 64.1 Å². The van der Waals surface area contributed by atoms with Crippen LogP contribution in [-0.2, 0) is 9.59 Å². The van der Waals surface area contributed by atoms with Gasteiger partial charge in [-0.3, -0.25) is 9.59 Å². The maximum Gasteiger partial charge on any atom is 0.163 e. The van der Waals surface area contributed by atoms with Crippen molar-refractivity contribution in [2.75, 3.05) is 7.11 Å². The Morgan fingerprint density at radius 1 is 0.853 bits per heavy atom. The Morgan fingerprint density at radius 3 is 1.91 bits per heavy atom. The summed E-state index contributed by atoms with van der Waals surface area (Å²) >= 11 is 1.46. The molecule has 0 aliphatic heterocycles. The standard InChI is InChI=1S/C28H32O5S/c1-27(2)12-18(29)24(19(30)13-27)26(25-20(31)14-28(3,4)15-21(25)32)23-10-9-22(34-23)16-7-6-8-17(11-16)33-5/h6-11,26,29,31H,12-15H2,1-5H3. The monoisotopic (exact) mass is 480 g/mol. The number of carbonyl (C=O) groups excluding carboxylic acids is 2. The molecule has 34 heavy (non-hydrogen) atoms. The fourth-order valence-corrected chi connectivity index (χ4v) is 6.25. The summed E-state index contributed by atoms with van der Waals surface area (Å²) in [5, 5.41) is 22.1. The number of carbonyl (C=O) groups is 2. The fourth-order valence-electron chi connectivity index (χ4n) is 5.13. The summed E-state index contributed by atoms with van der Waals surface area (Å²) in [5.74, 6) is -0.363. The molecule has 0 atom stereocenters. The van der Waals surface area contributed by atoms with Gasteiger partial charge in [0, 0.05) is 46.6 Å². The molecule has 180 valence electrons. The van der Waals surface area contributed by atoms with Gasteiger partial charge < -0.3 is 14.9 Å². The van der Waals surface area contributed by atoms with Crippen LogP contribution in [0.15, 0.2) is 59.1 Å². The summed E-state index contributed by atoms with van der Waals surface area (Å²) in [6.07, 6.45) is 1.27. The molecular formula is C28H32O5S. The minimum Gasteiger partial charge on any atom is -0.512 e. The van der Waals surface area contributed by atoms with Crippen molar-refractivity contribution < 1.29 is 24.5 Å². The highest BCUT2D eigenvalue weighted by molar-refractivity contribution is 7.15. The van der Waals surface area contributed by atoms with Gasteiger partial charge in [-0.25, -0.2) is 0 Å². The van der Waals surface area contributed by atoms with Gasteiger partial charge in [0.25, 0.3) is 0 Å². The Labute approximate surface area is 204 Å². The number of methoxy groups -OCH3 is 1. The number of hydrogen-bond donors (Lipinski definition) is 2. The van der Waals surface area contributed by atoms with Crippen LogP contribution < -0.4 is 4.74 Å². The second-order valence-electron chi connectivity index (χ2n) is 11.0. The van der Waals surface area contributed by atoms with Crippen LogP contribution in [0.5, 0.6) is 5.75 Å². The highest BCUT2D eigenvalue weighted by Crippen LogP contribution is 2.49. The largest absolute Gasteiger partial charge is 0.512 e. The molecule has 0 radical (unpaired) electrons. The van der Waals surface area contributed by atoms with Gasteiger partial charge in [0.05, 0.1) is 13.0 Å². The second kappa shape index (κ2) is 8.73. The molecule has 6 heteroatoms. The zero-order valence-corrected chi connectivity index (χ0v) is 21.2. The van der Waals surface area contributed by atoms with Gasteiger partial charge in [0.15, 0.2) is 11.6 Å². The smallest absolute Gasteiger partial charge is 0.163 e. The highest BCUT2D eigenvalue weighted by Gasteiger charge is 2.44. The lowest BCUT2D eigenvalue weighted by Crippen LogP contribution is -2.33. The minimum absolute atomic E-state index is 0.0144. The van der Waals surface area contributed by atoms with Crippen molar-refractivity contribution in [3.63, 3.8) is 0 Å². The quantitative estimate of drug-likeness (QED) is 0.486. The summed E-state index contributed by atoms with van der Waals surface area (Å²) in [5.41, 5.74) is 0.732. The van der Waals surface area contributed by atoms with Crippen molar-refractivity contribution in [1.82, 2.24) is 0 Å². The first-order valence-corrected chi connectivity index (χ1v) is 12.4. The van der Waals surface area contributed by atoms with Gasteiger partial charge in [-0.2, -0.15) is 0 Å². The van der Waals surface area contributed by atoms with Gasteiger partial charge in [0.1, 0.15) is 17.3 Å². The minimum atomic E-state index is -0.781. The Bertz CT molecular complexity index is 1160. The summed E-state index contributed by atoms with van der Waals surface area (Å²) < 4.78 is 5.35. The topological polar surface area (TPSA) is 83.8 Å². The second-order valence-corrected chi connectivity index (χ2v) is 12.1. The Hall–Kier alpha value is -2.86. The van der Waals surface area contributed by atoms with E-state index < -0.39 is 5.92 Å². The number of rotatable bonds is 5. The molecule has 2 aliphatic rings. The molecule has 0 saturated heterocycles. The van der Waals surface area contributed by atoms with Crippen LogP contribution in [0, 0.1) is 10.8 Å². The Morgan fingerprint density at radius 2 is 1.41 bits per heavy atom. The number of ketones is 2. The number of hydrogen-bond acceptors (Lipinski definition) is 6. The summed E-state index contributed by atoms with van der Waals surface area (Å²) in [7, 11) is 1.62. The fraction of sp³-hybridized carbons (Fsp3) is 0.429. The van der Waals surface area contributed by atoms with E-state index in [0.29, 0.717) is 12.8 Å². The predicted octanol–water partition coefficient (Wildman–Crippen LogP) is 6.91. The Kier molecular flexibility index (Phi) is 6.23. The van der Waals surface area contributed by atoms with Crippen molar-refractivity contribution >= 4 is 22.9 Å². The average molecular weight is 481 g/mol. The van der Waals surface area contributed by atoms with Crippen LogP contribution in [-0.4, -0.2) is 28.9 Å². The summed E-state index contributed by atoms with van der Waals surface area (Å²) in [6.45, 7) is 7.79. The first kappa shape index (κ1) is 24.3. The van der Waals surface area contributed by atoms with E-state index in [-0.39, 0.29) is 57.9 Å². The molecule has 2 aliphatic carbocycles. The van der Waals surface area contributed by atoms with Crippen molar-refractivity contribution in [2.24, 2.45) is 10.8 Å². The first-order valence-electron chi connectivity index (χ1n) is 11.6. The molecule has 0 bridgehead atoms. The maximum atomic E-state index is 13.3. The summed E-state index contributed by atoms with van der Waals surface area (Å²) in [4.78, 5) is 28.4. The van der Waals surface area contributed by atoms with E-state index in [0.717, 1.165) is 21.1 Å². The highest BCUT2D eigenvalue weighted by atomic mass is 32.1. The van der Waals surface area contributed by atoms with Crippen molar-refractivity contribution in [3.05, 3.63) is 63.9 Å². The molecule has 0 fully saturated rings. The van der Waals surface area contributed by atoms with Crippen LogP contribution >= 0.6 is 11.3 Å². The van der Waals surface area contributed by atoms with Gasteiger partial charge >= 0.3 is 0 Å². The molecule has 2 N–H and O–H groups in total. The van der Waals surface area contributed by atoms with E-state index in [1.54, 1.807) is 7.11 Å². The number of benzene rings is 1. The van der Waals surface area contributed by atoms with E-state index in [1.165, 1.54) is 11.3 Å². The number of Topliss-reactive ketones (excluding diaryl/α,β-unsaturated/α-hetero) is 2. The molecule has 5 nitrogen and oxygen atoms in total. The predicted molar refractivity (Wildman–Crippen MR) is 134 cm³/mol. The normalized spacial score (nSPS) is 20.3. The molecular weight excluding hydrogens is 448 g/mol. The van der Waals surface area contributed by atoms with Crippen LogP contribution in [0.2, 0.25) is 0 Å². The van der Waals surface area contributed by atoms with Crippen LogP contribution in [0.1, 0.15) is 64.2 Å². The summed E-state index contributed by atoms with van der Waals surface area (Å²) in [6, 6.07) is 11.5. The molecule has 0 amide bonds. The molecule has 4 rings (SSSR count). The van der Waals surface area contributed by atoms with E-state index >= 15 is 0 Å². The third kappa shape index (κ3) is 4.69. The zero-order valence-electron chi connectivity index (χ0n) is 20.4. The zero-order chi connectivity index (χ0) is 24.8. The molecule has 0 saturated carbocycles. The molecule has 0 spiro atoms. The third-order valence-corrected chi connectivity index (χ3v) is 7.83. The number of aliphatic hydroxyl groups excluding tert-OH is 2. The van der Waals surface area contributed by atoms with Gasteiger partial charge in [-0.15, -0.1) is 11.3 Å². The molecule has 1 aromatic heterocycles. The number of ether oxygens (including phenoxy) is 1. The van der Waals surface area contributed by atoms with Gasteiger partial charge in [-0.1, -0.05) is 39.8 Å². The SMILES string of the molecule is COc1cccc(-c2ccc(C(C3=C(O)CC(C)(C)CC3=O)C3=C(O)CC(C)(C)CC3=O)s2)c1. The van der Waals surface area contributed by atoms with Crippen LogP contribution in [0.4, 0.5) is 0 Å². The molecule has 1 heterocycles. The van der Waals surface area contributed by atoms with Crippen molar-refractivity contribution in [2.45, 2.75) is 59.3 Å². The number of allylic oxidation sites excluding steroid dienone is 4. The third-order valence-electron chi connectivity index (χ3n) is 6.64. The number of thiophene rings is 1. The van der Waals surface area contributed by atoms with Crippen molar-refractivity contribution in [1.29, 1.82) is 0 Å². The van der Waals surface area contributed by atoms with E-state index in [9.17, 15) is 19.8 Å². The van der Waals surface area contributed by atoms with Crippen LogP contribution in [0.3, 0.4) is 0 Å². The van der Waals surface area contributed by atoms with Crippen molar-refractivity contribution in [3.8, 4) is 16.2 Å². The molecule has 2 aromatic rings. The van der Waals surface area contributed by atoms with E-state index in [2.05, 4.69) is 0 Å².